The highest BCUT2D eigenvalue weighted by molar-refractivity contribution is 7.89. The molecule has 0 saturated carbocycles. The Morgan fingerprint density at radius 1 is 1.38 bits per heavy atom. The minimum absolute atomic E-state index is 0.133. The number of hydrogen-bond donors (Lipinski definition) is 0. The largest absolute Gasteiger partial charge is 0.464 e. The molecule has 118 valence electrons. The molecule has 2 heterocycles. The first-order valence-corrected chi connectivity index (χ1v) is 9.38. The van der Waals surface area contributed by atoms with Gasteiger partial charge in [-0.05, 0) is 31.4 Å². The summed E-state index contributed by atoms with van der Waals surface area (Å²) in [5, 5.41) is 0. The van der Waals surface area contributed by atoms with Gasteiger partial charge in [-0.15, -0.1) is 6.58 Å². The minimum atomic E-state index is -3.26. The molecule has 0 spiro atoms. The fraction of sp³-hybridized carbons (Fsp3) is 0.625. The van der Waals surface area contributed by atoms with Crippen molar-refractivity contribution in [3.63, 3.8) is 0 Å². The van der Waals surface area contributed by atoms with Gasteiger partial charge in [-0.25, -0.2) is 8.42 Å². The van der Waals surface area contributed by atoms with Crippen LogP contribution in [0.1, 0.15) is 56.6 Å². The number of furan rings is 1. The van der Waals surface area contributed by atoms with Gasteiger partial charge >= 0.3 is 0 Å². The van der Waals surface area contributed by atoms with Crippen LogP contribution in [0.4, 0.5) is 0 Å². The Hall–Kier alpha value is -1.07. The zero-order chi connectivity index (χ0) is 15.3. The summed E-state index contributed by atoms with van der Waals surface area (Å²) in [7, 11) is -3.26. The van der Waals surface area contributed by atoms with E-state index in [-0.39, 0.29) is 11.8 Å². The quantitative estimate of drug-likeness (QED) is 0.753. The lowest BCUT2D eigenvalue weighted by Gasteiger charge is -2.27. The van der Waals surface area contributed by atoms with Crippen molar-refractivity contribution < 1.29 is 12.8 Å². The Morgan fingerprint density at radius 2 is 2.19 bits per heavy atom. The first-order valence-electron chi connectivity index (χ1n) is 7.77. The predicted molar refractivity (Wildman–Crippen MR) is 84.6 cm³/mol. The van der Waals surface area contributed by atoms with Gasteiger partial charge in [0.25, 0.3) is 0 Å². The molecular formula is C16H25NO3S. The van der Waals surface area contributed by atoms with Crippen molar-refractivity contribution in [1.29, 1.82) is 0 Å². The van der Waals surface area contributed by atoms with Crippen LogP contribution in [-0.2, 0) is 16.4 Å². The molecule has 0 radical (unpaired) electrons. The van der Waals surface area contributed by atoms with Crippen molar-refractivity contribution in [2.75, 3.05) is 12.3 Å². The summed E-state index contributed by atoms with van der Waals surface area (Å²) in [6.07, 6.45) is 6.85. The highest BCUT2D eigenvalue weighted by Crippen LogP contribution is 2.33. The third kappa shape index (κ3) is 3.98. The molecule has 21 heavy (non-hydrogen) atoms. The van der Waals surface area contributed by atoms with Gasteiger partial charge in [0.1, 0.15) is 11.5 Å². The van der Waals surface area contributed by atoms with Crippen LogP contribution >= 0.6 is 0 Å². The second-order valence-corrected chi connectivity index (χ2v) is 7.57. The van der Waals surface area contributed by atoms with Crippen LogP contribution in [0.15, 0.2) is 29.2 Å². The van der Waals surface area contributed by atoms with E-state index in [4.69, 9.17) is 4.42 Å². The summed E-state index contributed by atoms with van der Waals surface area (Å²) in [5.74, 6) is 1.84. The lowest BCUT2D eigenvalue weighted by atomic mass is 10.1. The Balaban J connectivity index is 2.27. The smallest absolute Gasteiger partial charge is 0.215 e. The van der Waals surface area contributed by atoms with Crippen LogP contribution in [0.3, 0.4) is 0 Å². The van der Waals surface area contributed by atoms with E-state index in [1.165, 1.54) is 0 Å². The van der Waals surface area contributed by atoms with Crippen LogP contribution < -0.4 is 0 Å². The minimum Gasteiger partial charge on any atom is -0.464 e. The fourth-order valence-electron chi connectivity index (χ4n) is 2.81. The van der Waals surface area contributed by atoms with E-state index in [1.807, 2.05) is 19.1 Å². The van der Waals surface area contributed by atoms with E-state index >= 15 is 0 Å². The van der Waals surface area contributed by atoms with Gasteiger partial charge < -0.3 is 4.42 Å². The second kappa shape index (κ2) is 7.27. The summed E-state index contributed by atoms with van der Waals surface area (Å²) >= 11 is 0. The van der Waals surface area contributed by atoms with E-state index in [1.54, 1.807) is 10.4 Å². The third-order valence-corrected chi connectivity index (χ3v) is 5.90. The molecule has 1 aromatic heterocycles. The van der Waals surface area contributed by atoms with Crippen LogP contribution in [0, 0.1) is 0 Å². The van der Waals surface area contributed by atoms with Crippen LogP contribution in [0.2, 0.25) is 0 Å². The Morgan fingerprint density at radius 3 is 2.86 bits per heavy atom. The summed E-state index contributed by atoms with van der Waals surface area (Å²) in [6, 6.07) is 3.74. The van der Waals surface area contributed by atoms with Crippen molar-refractivity contribution in [3.05, 3.63) is 36.3 Å². The van der Waals surface area contributed by atoms with Crippen LogP contribution in [0.5, 0.6) is 0 Å². The van der Waals surface area contributed by atoms with Gasteiger partial charge in [0.05, 0.1) is 11.8 Å². The number of hydrogen-bond acceptors (Lipinski definition) is 3. The number of aryl methyl sites for hydroxylation is 1. The molecule has 1 fully saturated rings. The van der Waals surface area contributed by atoms with E-state index in [2.05, 4.69) is 6.58 Å². The number of rotatable bonds is 6. The van der Waals surface area contributed by atoms with Gasteiger partial charge in [0, 0.05) is 13.0 Å². The zero-order valence-electron chi connectivity index (χ0n) is 12.8. The molecule has 5 heteroatoms. The maximum absolute atomic E-state index is 12.6. The van der Waals surface area contributed by atoms with E-state index in [0.717, 1.165) is 43.6 Å². The molecule has 1 aliphatic rings. The van der Waals surface area contributed by atoms with Crippen molar-refractivity contribution in [3.8, 4) is 0 Å². The molecular weight excluding hydrogens is 286 g/mol. The SMILES string of the molecule is C=CCCS(=O)(=O)N1CCCCC[C@H]1c1ccc(CC)o1. The molecule has 0 amide bonds. The molecule has 4 nitrogen and oxygen atoms in total. The van der Waals surface area contributed by atoms with Crippen molar-refractivity contribution >= 4 is 10.0 Å². The number of sulfonamides is 1. The number of nitrogens with zero attached hydrogens (tertiary/aromatic N) is 1. The highest BCUT2D eigenvalue weighted by Gasteiger charge is 2.33. The molecule has 1 atom stereocenters. The molecule has 0 bridgehead atoms. The average Bonchev–Trinajstić information content (AvgIpc) is 2.81. The molecule has 1 saturated heterocycles. The van der Waals surface area contributed by atoms with Crippen molar-refractivity contribution in [2.45, 2.75) is 51.5 Å². The molecule has 1 aliphatic heterocycles. The predicted octanol–water partition coefficient (Wildman–Crippen LogP) is 3.67. The first kappa shape index (κ1) is 16.3. The van der Waals surface area contributed by atoms with Crippen LogP contribution in [0.25, 0.3) is 0 Å². The van der Waals surface area contributed by atoms with Gasteiger partial charge in [0.2, 0.25) is 10.0 Å². The molecule has 2 rings (SSSR count). The zero-order valence-corrected chi connectivity index (χ0v) is 13.6. The fourth-order valence-corrected chi connectivity index (χ4v) is 4.52. The molecule has 0 N–H and O–H groups in total. The maximum atomic E-state index is 12.6. The van der Waals surface area contributed by atoms with Crippen molar-refractivity contribution in [2.24, 2.45) is 0 Å². The molecule has 0 aliphatic carbocycles. The monoisotopic (exact) mass is 311 g/mol. The Labute approximate surface area is 127 Å². The van der Waals surface area contributed by atoms with E-state index in [9.17, 15) is 8.42 Å². The summed E-state index contributed by atoms with van der Waals surface area (Å²) in [5.41, 5.74) is 0. The topological polar surface area (TPSA) is 50.5 Å². The first-order chi connectivity index (χ1) is 10.1. The van der Waals surface area contributed by atoms with Gasteiger partial charge in [-0.1, -0.05) is 25.8 Å². The van der Waals surface area contributed by atoms with Crippen LogP contribution in [-0.4, -0.2) is 25.0 Å². The Bertz CT molecular complexity index is 562. The molecule has 0 unspecified atom stereocenters. The maximum Gasteiger partial charge on any atom is 0.215 e. The summed E-state index contributed by atoms with van der Waals surface area (Å²) in [4.78, 5) is 0. The Kier molecular flexibility index (Phi) is 5.65. The van der Waals surface area contributed by atoms with Crippen molar-refractivity contribution in [1.82, 2.24) is 4.31 Å². The number of allylic oxidation sites excluding steroid dienone is 1. The normalized spacial score (nSPS) is 21.1. The standard InChI is InChI=1S/C16H25NO3S/c1-3-5-13-21(18,19)17-12-8-6-7-9-15(17)16-11-10-14(4-2)20-16/h3,10-11,15H,1,4-9,12-13H2,2H3/t15-/m0/s1. The van der Waals surface area contributed by atoms with Gasteiger partial charge in [-0.2, -0.15) is 4.31 Å². The second-order valence-electron chi connectivity index (χ2n) is 5.53. The van der Waals surface area contributed by atoms with Gasteiger partial charge in [0.15, 0.2) is 0 Å². The summed E-state index contributed by atoms with van der Waals surface area (Å²) < 4.78 is 32.7. The summed E-state index contributed by atoms with van der Waals surface area (Å²) in [6.45, 7) is 6.24. The molecule has 0 aromatic carbocycles. The lowest BCUT2D eigenvalue weighted by Crippen LogP contribution is -2.36. The van der Waals surface area contributed by atoms with E-state index in [0.29, 0.717) is 13.0 Å². The lowest BCUT2D eigenvalue weighted by molar-refractivity contribution is 0.280. The van der Waals surface area contributed by atoms with Gasteiger partial charge in [-0.3, -0.25) is 0 Å². The third-order valence-electron chi connectivity index (χ3n) is 4.00. The molecule has 1 aromatic rings. The average molecular weight is 311 g/mol. The highest BCUT2D eigenvalue weighted by atomic mass is 32.2. The van der Waals surface area contributed by atoms with E-state index < -0.39 is 10.0 Å².